The van der Waals surface area contributed by atoms with Crippen molar-refractivity contribution < 1.29 is 14.3 Å². The monoisotopic (exact) mass is 454 g/mol. The van der Waals surface area contributed by atoms with Crippen LogP contribution in [0.3, 0.4) is 0 Å². The van der Waals surface area contributed by atoms with Crippen molar-refractivity contribution >= 4 is 38.8 Å². The Hall–Kier alpha value is -2.86. The van der Waals surface area contributed by atoms with Gasteiger partial charge in [0.2, 0.25) is 0 Å². The van der Waals surface area contributed by atoms with E-state index in [-0.39, 0.29) is 12.0 Å². The highest BCUT2D eigenvalue weighted by Crippen LogP contribution is 2.27. The number of hydrazone groups is 1. The lowest BCUT2D eigenvalue weighted by Crippen LogP contribution is -2.18. The van der Waals surface area contributed by atoms with Gasteiger partial charge in [0.25, 0.3) is 5.91 Å². The summed E-state index contributed by atoms with van der Waals surface area (Å²) in [7, 11) is 1.55. The van der Waals surface area contributed by atoms with E-state index in [1.54, 1.807) is 19.4 Å². The Morgan fingerprint density at radius 2 is 1.86 bits per heavy atom. The standard InChI is InChI=1S/C23H23BrN2O3/c1-4-15(2)29-21-10-9-16(11-20(21)24)14-25-26-23(27)19-12-17-7-5-6-8-18(17)13-22(19)28-3/h5-15H,4H2,1-3H3,(H,26,27)/b25-14-/t15-/m1/s1. The van der Waals surface area contributed by atoms with E-state index >= 15 is 0 Å². The summed E-state index contributed by atoms with van der Waals surface area (Å²) >= 11 is 3.51. The first-order valence-corrected chi connectivity index (χ1v) is 10.2. The van der Waals surface area contributed by atoms with E-state index < -0.39 is 0 Å². The Labute approximate surface area is 178 Å². The number of methoxy groups -OCH3 is 1. The molecule has 0 unspecified atom stereocenters. The Morgan fingerprint density at radius 1 is 1.14 bits per heavy atom. The van der Waals surface area contributed by atoms with Gasteiger partial charge in [-0.2, -0.15) is 5.10 Å². The van der Waals surface area contributed by atoms with Gasteiger partial charge in [-0.1, -0.05) is 31.2 Å². The zero-order chi connectivity index (χ0) is 20.8. The minimum absolute atomic E-state index is 0.141. The van der Waals surface area contributed by atoms with Crippen LogP contribution in [0.2, 0.25) is 0 Å². The van der Waals surface area contributed by atoms with E-state index in [4.69, 9.17) is 9.47 Å². The molecule has 1 amide bonds. The molecule has 1 N–H and O–H groups in total. The van der Waals surface area contributed by atoms with Crippen molar-refractivity contribution in [1.29, 1.82) is 0 Å². The number of rotatable bonds is 7. The van der Waals surface area contributed by atoms with Crippen LogP contribution in [0.1, 0.15) is 36.2 Å². The molecule has 0 heterocycles. The fourth-order valence-corrected chi connectivity index (χ4v) is 3.27. The fourth-order valence-electron chi connectivity index (χ4n) is 2.78. The number of carbonyl (C=O) groups is 1. The third-order valence-electron chi connectivity index (χ3n) is 4.55. The van der Waals surface area contributed by atoms with Crippen molar-refractivity contribution in [2.45, 2.75) is 26.4 Å². The maximum absolute atomic E-state index is 12.6. The topological polar surface area (TPSA) is 59.9 Å². The lowest BCUT2D eigenvalue weighted by atomic mass is 10.1. The molecule has 0 saturated heterocycles. The summed E-state index contributed by atoms with van der Waals surface area (Å²) in [5, 5.41) is 6.05. The number of nitrogens with one attached hydrogen (secondary N) is 1. The molecule has 3 aromatic rings. The Morgan fingerprint density at radius 3 is 2.52 bits per heavy atom. The van der Waals surface area contributed by atoms with E-state index in [0.29, 0.717) is 11.3 Å². The largest absolute Gasteiger partial charge is 0.496 e. The van der Waals surface area contributed by atoms with Crippen molar-refractivity contribution in [2.24, 2.45) is 5.10 Å². The first-order chi connectivity index (χ1) is 14.0. The number of halogens is 1. The summed E-state index contributed by atoms with van der Waals surface area (Å²) in [4.78, 5) is 12.6. The Bertz CT molecular complexity index is 1050. The molecule has 0 saturated carbocycles. The molecule has 29 heavy (non-hydrogen) atoms. The van der Waals surface area contributed by atoms with Gasteiger partial charge >= 0.3 is 0 Å². The molecule has 6 heteroatoms. The molecule has 5 nitrogen and oxygen atoms in total. The first kappa shape index (κ1) is 20.9. The Balaban J connectivity index is 1.73. The summed E-state index contributed by atoms with van der Waals surface area (Å²) in [6.07, 6.45) is 2.66. The Kier molecular flexibility index (Phi) is 6.88. The van der Waals surface area contributed by atoms with Crippen LogP contribution >= 0.6 is 15.9 Å². The molecule has 0 aromatic heterocycles. The van der Waals surface area contributed by atoms with Crippen LogP contribution in [-0.2, 0) is 0 Å². The van der Waals surface area contributed by atoms with Gasteiger partial charge in [0.05, 0.1) is 29.5 Å². The number of nitrogens with zero attached hydrogens (tertiary/aromatic N) is 1. The molecule has 0 bridgehead atoms. The quantitative estimate of drug-likeness (QED) is 0.375. The molecule has 0 radical (unpaired) electrons. The van der Waals surface area contributed by atoms with Crippen molar-refractivity contribution in [3.8, 4) is 11.5 Å². The second-order valence-electron chi connectivity index (χ2n) is 6.63. The van der Waals surface area contributed by atoms with E-state index in [1.807, 2.05) is 55.5 Å². The van der Waals surface area contributed by atoms with Gasteiger partial charge in [-0.15, -0.1) is 0 Å². The van der Waals surface area contributed by atoms with Gasteiger partial charge in [-0.25, -0.2) is 5.43 Å². The van der Waals surface area contributed by atoms with Crippen LogP contribution in [0.15, 0.2) is 64.2 Å². The van der Waals surface area contributed by atoms with Gasteiger partial charge in [-0.05, 0) is 75.9 Å². The smallest absolute Gasteiger partial charge is 0.275 e. The molecule has 3 rings (SSSR count). The molecule has 150 valence electrons. The average molecular weight is 455 g/mol. The lowest BCUT2D eigenvalue weighted by Gasteiger charge is -2.14. The van der Waals surface area contributed by atoms with Gasteiger partial charge in [0, 0.05) is 0 Å². The third kappa shape index (κ3) is 5.15. The second kappa shape index (κ2) is 9.56. The molecule has 3 aromatic carbocycles. The summed E-state index contributed by atoms with van der Waals surface area (Å²) in [6.45, 7) is 4.10. The number of amides is 1. The SMILES string of the molecule is CC[C@@H](C)Oc1ccc(/C=N\NC(=O)c2cc3ccccc3cc2OC)cc1Br. The number of hydrogen-bond acceptors (Lipinski definition) is 4. The number of carbonyl (C=O) groups excluding carboxylic acids is 1. The normalized spacial score (nSPS) is 12.1. The average Bonchev–Trinajstić information content (AvgIpc) is 2.74. The summed E-state index contributed by atoms with van der Waals surface area (Å²) < 4.78 is 12.0. The lowest BCUT2D eigenvalue weighted by molar-refractivity contribution is 0.0952. The molecule has 1 atom stereocenters. The minimum Gasteiger partial charge on any atom is -0.496 e. The van der Waals surface area contributed by atoms with E-state index in [0.717, 1.165) is 33.0 Å². The summed E-state index contributed by atoms with van der Waals surface area (Å²) in [5.41, 5.74) is 3.83. The molecule has 0 aliphatic rings. The highest BCUT2D eigenvalue weighted by Gasteiger charge is 2.13. The molecular weight excluding hydrogens is 432 g/mol. The zero-order valence-electron chi connectivity index (χ0n) is 16.6. The molecule has 0 aliphatic heterocycles. The minimum atomic E-state index is -0.334. The van der Waals surface area contributed by atoms with Gasteiger partial charge in [-0.3, -0.25) is 4.79 Å². The maximum atomic E-state index is 12.6. The van der Waals surface area contributed by atoms with Crippen LogP contribution in [0.4, 0.5) is 0 Å². The van der Waals surface area contributed by atoms with Crippen LogP contribution in [0.25, 0.3) is 10.8 Å². The number of benzene rings is 3. The van der Waals surface area contributed by atoms with Gasteiger partial charge in [0.15, 0.2) is 0 Å². The number of ether oxygens (including phenoxy) is 2. The van der Waals surface area contributed by atoms with Gasteiger partial charge in [0.1, 0.15) is 11.5 Å². The summed E-state index contributed by atoms with van der Waals surface area (Å²) in [5.74, 6) is 0.951. The highest BCUT2D eigenvalue weighted by atomic mass is 79.9. The van der Waals surface area contributed by atoms with E-state index in [9.17, 15) is 4.79 Å². The van der Waals surface area contributed by atoms with Gasteiger partial charge < -0.3 is 9.47 Å². The first-order valence-electron chi connectivity index (χ1n) is 9.38. The molecule has 0 aliphatic carbocycles. The van der Waals surface area contributed by atoms with Crippen molar-refractivity contribution in [3.05, 3.63) is 70.2 Å². The second-order valence-corrected chi connectivity index (χ2v) is 7.48. The van der Waals surface area contributed by atoms with Crippen LogP contribution in [0, 0.1) is 0 Å². The van der Waals surface area contributed by atoms with Crippen LogP contribution in [0.5, 0.6) is 11.5 Å². The van der Waals surface area contributed by atoms with Crippen molar-refractivity contribution in [3.63, 3.8) is 0 Å². The summed E-state index contributed by atoms with van der Waals surface area (Å²) in [6, 6.07) is 17.1. The molecule has 0 spiro atoms. The number of hydrogen-bond donors (Lipinski definition) is 1. The predicted octanol–water partition coefficient (Wildman–Crippen LogP) is 5.55. The number of fused-ring (bicyclic) bond motifs is 1. The molecule has 0 fully saturated rings. The zero-order valence-corrected chi connectivity index (χ0v) is 18.2. The van der Waals surface area contributed by atoms with E-state index in [1.165, 1.54) is 0 Å². The maximum Gasteiger partial charge on any atom is 0.275 e. The van der Waals surface area contributed by atoms with E-state index in [2.05, 4.69) is 33.4 Å². The predicted molar refractivity (Wildman–Crippen MR) is 120 cm³/mol. The van der Waals surface area contributed by atoms with Crippen molar-refractivity contribution in [1.82, 2.24) is 5.43 Å². The van der Waals surface area contributed by atoms with Crippen molar-refractivity contribution in [2.75, 3.05) is 7.11 Å². The third-order valence-corrected chi connectivity index (χ3v) is 5.17. The highest BCUT2D eigenvalue weighted by molar-refractivity contribution is 9.10. The fraction of sp³-hybridized carbons (Fsp3) is 0.217. The molecular formula is C23H23BrN2O3. The van der Waals surface area contributed by atoms with Crippen LogP contribution in [-0.4, -0.2) is 25.3 Å². The van der Waals surface area contributed by atoms with Crippen LogP contribution < -0.4 is 14.9 Å².